The molecule has 0 amide bonds. The fourth-order valence-electron chi connectivity index (χ4n) is 3.21. The maximum Gasteiger partial charge on any atom is -0.00817 e. The first-order chi connectivity index (χ1) is 8.21. The number of fused-ring (bicyclic) bond motifs is 1. The zero-order valence-corrected chi connectivity index (χ0v) is 13.4. The Kier molecular flexibility index (Phi) is 3.45. The Morgan fingerprint density at radius 3 is 2.00 bits per heavy atom. The van der Waals surface area contributed by atoms with E-state index in [2.05, 4.69) is 71.9 Å². The van der Waals surface area contributed by atoms with E-state index in [0.717, 1.165) is 6.42 Å². The molecule has 0 saturated heterocycles. The lowest BCUT2D eigenvalue weighted by atomic mass is 10.1. The molecule has 0 spiro atoms. The van der Waals surface area contributed by atoms with Crippen molar-refractivity contribution < 1.29 is 0 Å². The second-order valence-electron chi connectivity index (χ2n) is 7.13. The monoisotopic (exact) mass is 260 g/mol. The molecule has 0 aliphatic heterocycles. The Bertz CT molecular complexity index is 455. The first-order valence-electron chi connectivity index (χ1n) is 6.80. The lowest BCUT2D eigenvalue weighted by Crippen LogP contribution is -2.25. The van der Waals surface area contributed by atoms with Crippen molar-refractivity contribution in [2.45, 2.75) is 58.3 Å². The molecule has 1 aromatic carbocycles. The number of benzene rings is 1. The van der Waals surface area contributed by atoms with Crippen LogP contribution in [-0.2, 0) is 6.42 Å². The smallest absolute Gasteiger partial charge is 0.00817 e. The molecule has 2 rings (SSSR count). The van der Waals surface area contributed by atoms with Crippen LogP contribution in [0.2, 0.25) is 0 Å². The van der Waals surface area contributed by atoms with E-state index in [9.17, 15) is 0 Å². The third-order valence-electron chi connectivity index (χ3n) is 3.39. The summed E-state index contributed by atoms with van der Waals surface area (Å²) in [7, 11) is -0.169. The predicted molar refractivity (Wildman–Crippen MR) is 84.5 cm³/mol. The van der Waals surface area contributed by atoms with Gasteiger partial charge in [-0.3, -0.25) is 0 Å². The standard InChI is InChI=1S/C17H25P/c1-16(2,3)18(17(4,5)6)15-12-11-13-9-7-8-10-14(13)15/h7-10,12H,11H2,1-6H3. The zero-order valence-electron chi connectivity index (χ0n) is 12.5. The fraction of sp³-hybridized carbons (Fsp3) is 0.529. The minimum absolute atomic E-state index is 0.169. The van der Waals surface area contributed by atoms with Gasteiger partial charge in [0.05, 0.1) is 0 Å². The molecule has 1 heteroatoms. The van der Waals surface area contributed by atoms with Crippen molar-refractivity contribution in [3.8, 4) is 0 Å². The van der Waals surface area contributed by atoms with E-state index >= 15 is 0 Å². The summed E-state index contributed by atoms with van der Waals surface area (Å²) in [6, 6.07) is 8.92. The Morgan fingerprint density at radius 2 is 1.44 bits per heavy atom. The normalized spacial score (nSPS) is 15.8. The van der Waals surface area contributed by atoms with Gasteiger partial charge in [-0.1, -0.05) is 79.8 Å². The fourth-order valence-corrected chi connectivity index (χ4v) is 7.40. The molecule has 1 aromatic rings. The van der Waals surface area contributed by atoms with Crippen molar-refractivity contribution >= 4 is 13.2 Å². The van der Waals surface area contributed by atoms with Crippen molar-refractivity contribution in [2.24, 2.45) is 0 Å². The number of hydrogen-bond acceptors (Lipinski definition) is 0. The van der Waals surface area contributed by atoms with Crippen molar-refractivity contribution in [2.75, 3.05) is 0 Å². The Hall–Kier alpha value is -0.610. The summed E-state index contributed by atoms with van der Waals surface area (Å²) in [6.45, 7) is 14.4. The minimum Gasteiger partial charge on any atom is -0.0717 e. The van der Waals surface area contributed by atoms with E-state index in [1.807, 2.05) is 0 Å². The SMILES string of the molecule is CC(C)(C)P(C1=CCc2ccccc21)C(C)(C)C. The van der Waals surface area contributed by atoms with E-state index in [0.29, 0.717) is 10.3 Å². The molecule has 0 nitrogen and oxygen atoms in total. The lowest BCUT2D eigenvalue weighted by Gasteiger charge is -2.42. The molecule has 0 bridgehead atoms. The van der Waals surface area contributed by atoms with Crippen molar-refractivity contribution in [1.82, 2.24) is 0 Å². The maximum atomic E-state index is 2.48. The molecule has 18 heavy (non-hydrogen) atoms. The Labute approximate surface area is 113 Å². The van der Waals surface area contributed by atoms with Crippen LogP contribution in [0.5, 0.6) is 0 Å². The van der Waals surface area contributed by atoms with Crippen molar-refractivity contribution in [3.05, 3.63) is 41.5 Å². The molecule has 0 heterocycles. The summed E-state index contributed by atoms with van der Waals surface area (Å²) >= 11 is 0. The Balaban J connectivity index is 2.48. The van der Waals surface area contributed by atoms with Crippen LogP contribution in [0.3, 0.4) is 0 Å². The van der Waals surface area contributed by atoms with Gasteiger partial charge >= 0.3 is 0 Å². The minimum atomic E-state index is -0.169. The van der Waals surface area contributed by atoms with E-state index in [1.54, 1.807) is 5.31 Å². The molecule has 0 fully saturated rings. The van der Waals surface area contributed by atoms with Gasteiger partial charge in [0.15, 0.2) is 0 Å². The second kappa shape index (κ2) is 4.49. The van der Waals surface area contributed by atoms with Gasteiger partial charge < -0.3 is 0 Å². The topological polar surface area (TPSA) is 0 Å². The van der Waals surface area contributed by atoms with Crippen molar-refractivity contribution in [1.29, 1.82) is 0 Å². The van der Waals surface area contributed by atoms with Crippen LogP contribution in [0.4, 0.5) is 0 Å². The summed E-state index contributed by atoms with van der Waals surface area (Å²) in [5.41, 5.74) is 3.02. The van der Waals surface area contributed by atoms with Gasteiger partial charge in [0.1, 0.15) is 0 Å². The van der Waals surface area contributed by atoms with Crippen LogP contribution < -0.4 is 0 Å². The largest absolute Gasteiger partial charge is 0.0717 e. The summed E-state index contributed by atoms with van der Waals surface area (Å²) in [5, 5.41) is 2.34. The molecular formula is C17H25P. The number of hydrogen-bond donors (Lipinski definition) is 0. The Morgan fingerprint density at radius 1 is 0.889 bits per heavy atom. The van der Waals surface area contributed by atoms with Gasteiger partial charge in [-0.05, 0) is 33.2 Å². The van der Waals surface area contributed by atoms with Crippen LogP contribution in [0.15, 0.2) is 30.3 Å². The predicted octanol–water partition coefficient (Wildman–Crippen LogP) is 5.66. The van der Waals surface area contributed by atoms with Crippen LogP contribution in [-0.4, -0.2) is 10.3 Å². The first-order valence-corrected chi connectivity index (χ1v) is 8.14. The van der Waals surface area contributed by atoms with Gasteiger partial charge in [0.25, 0.3) is 0 Å². The highest BCUT2D eigenvalue weighted by Crippen LogP contribution is 2.68. The summed E-state index contributed by atoms with van der Waals surface area (Å²) in [4.78, 5) is 0. The quantitative estimate of drug-likeness (QED) is 0.571. The van der Waals surface area contributed by atoms with E-state index in [4.69, 9.17) is 0 Å². The summed E-state index contributed by atoms with van der Waals surface area (Å²) in [5.74, 6) is 0. The van der Waals surface area contributed by atoms with Crippen LogP contribution in [0, 0.1) is 0 Å². The highest BCUT2D eigenvalue weighted by atomic mass is 31.1. The third kappa shape index (κ3) is 2.54. The molecule has 0 aromatic heterocycles. The van der Waals surface area contributed by atoms with Crippen LogP contribution >= 0.6 is 7.92 Å². The molecule has 0 unspecified atom stereocenters. The average Bonchev–Trinajstić information content (AvgIpc) is 2.58. The van der Waals surface area contributed by atoms with E-state index in [1.165, 1.54) is 11.1 Å². The molecule has 0 radical (unpaired) electrons. The molecule has 0 saturated carbocycles. The maximum absolute atomic E-state index is 2.48. The summed E-state index contributed by atoms with van der Waals surface area (Å²) < 4.78 is 0. The van der Waals surface area contributed by atoms with Crippen LogP contribution in [0.25, 0.3) is 5.31 Å². The highest BCUT2D eigenvalue weighted by molar-refractivity contribution is 7.71. The van der Waals surface area contributed by atoms with E-state index < -0.39 is 0 Å². The molecule has 1 aliphatic carbocycles. The first kappa shape index (κ1) is 13.8. The molecular weight excluding hydrogens is 235 g/mol. The number of allylic oxidation sites excluding steroid dienone is 1. The lowest BCUT2D eigenvalue weighted by molar-refractivity contribution is 0.715. The van der Waals surface area contributed by atoms with Crippen LogP contribution in [0.1, 0.15) is 52.7 Å². The molecule has 0 N–H and O–H groups in total. The van der Waals surface area contributed by atoms with Crippen molar-refractivity contribution in [3.63, 3.8) is 0 Å². The number of rotatable bonds is 1. The molecule has 1 aliphatic rings. The molecule has 98 valence electrons. The van der Waals surface area contributed by atoms with Gasteiger partial charge in [-0.25, -0.2) is 0 Å². The van der Waals surface area contributed by atoms with Gasteiger partial charge in [0, 0.05) is 0 Å². The third-order valence-corrected chi connectivity index (χ3v) is 6.98. The van der Waals surface area contributed by atoms with Gasteiger partial charge in [-0.2, -0.15) is 0 Å². The van der Waals surface area contributed by atoms with Gasteiger partial charge in [0.2, 0.25) is 0 Å². The summed E-state index contributed by atoms with van der Waals surface area (Å²) in [6.07, 6.45) is 3.60. The van der Waals surface area contributed by atoms with E-state index in [-0.39, 0.29) is 7.92 Å². The second-order valence-corrected chi connectivity index (χ2v) is 11.0. The average molecular weight is 260 g/mol. The van der Waals surface area contributed by atoms with Gasteiger partial charge in [-0.15, -0.1) is 0 Å². The zero-order chi connectivity index (χ0) is 13.6. The highest BCUT2D eigenvalue weighted by Gasteiger charge is 2.38. The molecule has 0 atom stereocenters.